The van der Waals surface area contributed by atoms with E-state index in [2.05, 4.69) is 29.8 Å². The van der Waals surface area contributed by atoms with Crippen LogP contribution in [0.2, 0.25) is 10.0 Å². The molecule has 6 heteroatoms. The maximum Gasteiger partial charge on any atom is 0.215 e. The first kappa shape index (κ1) is 21.8. The Kier molecular flexibility index (Phi) is 5.45. The minimum Gasteiger partial charge on any atom is -0.215 e. The number of halogens is 2. The molecule has 2 aromatic rings. The van der Waals surface area contributed by atoms with Crippen molar-refractivity contribution in [1.82, 2.24) is 4.72 Å². The highest BCUT2D eigenvalue weighted by atomic mass is 35.5. The fourth-order valence-electron chi connectivity index (χ4n) is 6.17. The van der Waals surface area contributed by atoms with Gasteiger partial charge in [0.2, 0.25) is 10.0 Å². The maximum absolute atomic E-state index is 12.6. The molecule has 0 heterocycles. The zero-order valence-corrected chi connectivity index (χ0v) is 20.2. The molecule has 2 spiro atoms. The molecule has 3 aliphatic rings. The molecule has 0 radical (unpaired) electrons. The lowest BCUT2D eigenvalue weighted by Gasteiger charge is -2.41. The quantitative estimate of drug-likeness (QED) is 0.503. The van der Waals surface area contributed by atoms with E-state index >= 15 is 0 Å². The van der Waals surface area contributed by atoms with Crippen molar-refractivity contribution in [2.24, 2.45) is 5.41 Å². The van der Waals surface area contributed by atoms with Crippen molar-refractivity contribution in [3.63, 3.8) is 0 Å². The molecule has 1 N–H and O–H groups in total. The summed E-state index contributed by atoms with van der Waals surface area (Å²) in [6.45, 7) is 2.72. The standard InChI is InChI=1S/C25H29Cl2NO2S/c1-2-18-4-3-5-20-19(15-24(9-10-24)25(11-12-25)23(18)20)8-13-28-31(29,30)16-17-6-7-21(26)22(27)14-17/h3-7,14,19,28H,2,8-13,15-16H2,1H3. The summed E-state index contributed by atoms with van der Waals surface area (Å²) in [5.74, 6) is 0.348. The van der Waals surface area contributed by atoms with Crippen molar-refractivity contribution in [2.45, 2.75) is 69.0 Å². The highest BCUT2D eigenvalue weighted by molar-refractivity contribution is 7.88. The van der Waals surface area contributed by atoms with E-state index in [0.29, 0.717) is 38.9 Å². The Morgan fingerprint density at radius 1 is 1.06 bits per heavy atom. The third-order valence-corrected chi connectivity index (χ3v) is 9.99. The fourth-order valence-corrected chi connectivity index (χ4v) is 7.64. The van der Waals surface area contributed by atoms with Crippen molar-refractivity contribution >= 4 is 33.2 Å². The van der Waals surface area contributed by atoms with Gasteiger partial charge in [-0.2, -0.15) is 0 Å². The first-order valence-electron chi connectivity index (χ1n) is 11.3. The Morgan fingerprint density at radius 3 is 2.48 bits per heavy atom. The molecule has 0 aliphatic heterocycles. The van der Waals surface area contributed by atoms with Gasteiger partial charge in [-0.1, -0.05) is 54.4 Å². The third kappa shape index (κ3) is 3.84. The second-order valence-corrected chi connectivity index (χ2v) is 12.3. The SMILES string of the molecule is CCc1cccc2c1C1(CC1)C1(CC1)CC2CCNS(=O)(=O)Cc1ccc(Cl)c(Cl)c1. The van der Waals surface area contributed by atoms with Crippen molar-refractivity contribution in [1.29, 1.82) is 0 Å². The van der Waals surface area contributed by atoms with Crippen LogP contribution in [-0.4, -0.2) is 15.0 Å². The molecule has 5 rings (SSSR count). The van der Waals surface area contributed by atoms with E-state index in [-0.39, 0.29) is 5.75 Å². The minimum absolute atomic E-state index is 0.0851. The van der Waals surface area contributed by atoms with E-state index in [1.165, 1.54) is 43.2 Å². The number of hydrogen-bond acceptors (Lipinski definition) is 2. The Hall–Kier alpha value is -1.07. The predicted octanol–water partition coefficient (Wildman–Crippen LogP) is 6.36. The Balaban J connectivity index is 1.30. The monoisotopic (exact) mass is 477 g/mol. The summed E-state index contributed by atoms with van der Waals surface area (Å²) >= 11 is 12.0. The number of aryl methyl sites for hydroxylation is 1. The van der Waals surface area contributed by atoms with Gasteiger partial charge in [-0.3, -0.25) is 0 Å². The van der Waals surface area contributed by atoms with Gasteiger partial charge in [0, 0.05) is 12.0 Å². The van der Waals surface area contributed by atoms with Crippen LogP contribution < -0.4 is 4.72 Å². The van der Waals surface area contributed by atoms with Gasteiger partial charge in [0.1, 0.15) is 0 Å². The van der Waals surface area contributed by atoms with Crippen LogP contribution >= 0.6 is 23.2 Å². The number of hydrogen-bond donors (Lipinski definition) is 1. The Morgan fingerprint density at radius 2 is 1.84 bits per heavy atom. The molecule has 3 aliphatic carbocycles. The molecule has 2 saturated carbocycles. The largest absolute Gasteiger partial charge is 0.215 e. The summed E-state index contributed by atoms with van der Waals surface area (Å²) in [5.41, 5.74) is 6.17. The molecular formula is C25H29Cl2NO2S. The fraction of sp³-hybridized carbons (Fsp3) is 0.520. The van der Waals surface area contributed by atoms with E-state index < -0.39 is 10.0 Å². The van der Waals surface area contributed by atoms with Gasteiger partial charge in [0.25, 0.3) is 0 Å². The van der Waals surface area contributed by atoms with E-state index in [9.17, 15) is 8.42 Å². The van der Waals surface area contributed by atoms with Gasteiger partial charge in [-0.05, 0) is 90.7 Å². The molecule has 0 bridgehead atoms. The number of benzene rings is 2. The lowest BCUT2D eigenvalue weighted by Crippen LogP contribution is -2.34. The molecule has 0 saturated heterocycles. The predicted molar refractivity (Wildman–Crippen MR) is 127 cm³/mol. The van der Waals surface area contributed by atoms with Crippen LogP contribution in [0.3, 0.4) is 0 Å². The number of sulfonamides is 1. The third-order valence-electron chi connectivity index (χ3n) is 7.89. The van der Waals surface area contributed by atoms with Crippen molar-refractivity contribution in [2.75, 3.05) is 6.54 Å². The molecule has 1 atom stereocenters. The molecule has 1 unspecified atom stereocenters. The summed E-state index contributed by atoms with van der Waals surface area (Å²) in [4.78, 5) is 0. The molecule has 2 aromatic carbocycles. The first-order valence-corrected chi connectivity index (χ1v) is 13.7. The second kappa shape index (κ2) is 7.76. The van der Waals surface area contributed by atoms with Gasteiger partial charge in [-0.15, -0.1) is 0 Å². The number of rotatable bonds is 7. The average molecular weight is 478 g/mol. The molecule has 0 amide bonds. The molecule has 31 heavy (non-hydrogen) atoms. The summed E-state index contributed by atoms with van der Waals surface area (Å²) in [6, 6.07) is 11.8. The number of fused-ring (bicyclic) bond motifs is 3. The molecule has 0 aromatic heterocycles. The van der Waals surface area contributed by atoms with Gasteiger partial charge >= 0.3 is 0 Å². The molecule has 3 nitrogen and oxygen atoms in total. The smallest absolute Gasteiger partial charge is 0.215 e. The maximum atomic E-state index is 12.6. The second-order valence-electron chi connectivity index (χ2n) is 9.69. The van der Waals surface area contributed by atoms with Crippen molar-refractivity contribution < 1.29 is 8.42 Å². The summed E-state index contributed by atoms with van der Waals surface area (Å²) in [5, 5.41) is 0.810. The van der Waals surface area contributed by atoms with Crippen molar-refractivity contribution in [3.05, 3.63) is 68.7 Å². The van der Waals surface area contributed by atoms with Crippen LogP contribution in [0.25, 0.3) is 0 Å². The van der Waals surface area contributed by atoms with Crippen LogP contribution in [0.5, 0.6) is 0 Å². The molecule has 166 valence electrons. The van der Waals surface area contributed by atoms with E-state index in [4.69, 9.17) is 23.2 Å². The lowest BCUT2D eigenvalue weighted by atomic mass is 9.63. The van der Waals surface area contributed by atoms with Gasteiger partial charge < -0.3 is 0 Å². The highest BCUT2D eigenvalue weighted by Crippen LogP contribution is 2.77. The highest BCUT2D eigenvalue weighted by Gasteiger charge is 2.68. The Labute approximate surface area is 195 Å². The zero-order chi connectivity index (χ0) is 21.9. The minimum atomic E-state index is -3.43. The van der Waals surface area contributed by atoms with Crippen LogP contribution in [0.15, 0.2) is 36.4 Å². The van der Waals surface area contributed by atoms with Crippen LogP contribution in [0.4, 0.5) is 0 Å². The Bertz CT molecular complexity index is 1120. The summed E-state index contributed by atoms with van der Waals surface area (Å²) < 4.78 is 28.1. The van der Waals surface area contributed by atoms with Gasteiger partial charge in [0.15, 0.2) is 0 Å². The summed E-state index contributed by atoms with van der Waals surface area (Å²) in [7, 11) is -3.43. The van der Waals surface area contributed by atoms with Gasteiger partial charge in [-0.25, -0.2) is 13.1 Å². The topological polar surface area (TPSA) is 46.2 Å². The average Bonchev–Trinajstić information content (AvgIpc) is 3.64. The molecule has 2 fully saturated rings. The number of nitrogens with one attached hydrogen (secondary N) is 1. The molecular weight excluding hydrogens is 449 g/mol. The zero-order valence-electron chi connectivity index (χ0n) is 17.9. The normalized spacial score (nSPS) is 22.5. The van der Waals surface area contributed by atoms with Crippen LogP contribution in [-0.2, 0) is 27.6 Å². The van der Waals surface area contributed by atoms with Crippen LogP contribution in [0, 0.1) is 5.41 Å². The summed E-state index contributed by atoms with van der Waals surface area (Å²) in [6.07, 6.45) is 8.47. The van der Waals surface area contributed by atoms with E-state index in [1.54, 1.807) is 23.8 Å². The van der Waals surface area contributed by atoms with Gasteiger partial charge in [0.05, 0.1) is 15.8 Å². The van der Waals surface area contributed by atoms with Crippen LogP contribution in [0.1, 0.15) is 73.6 Å². The first-order chi connectivity index (χ1) is 14.8. The van der Waals surface area contributed by atoms with E-state index in [0.717, 1.165) is 12.8 Å². The van der Waals surface area contributed by atoms with Crippen molar-refractivity contribution in [3.8, 4) is 0 Å². The lowest BCUT2D eigenvalue weighted by molar-refractivity contribution is 0.284. The van der Waals surface area contributed by atoms with E-state index in [1.807, 2.05) is 0 Å².